The van der Waals surface area contributed by atoms with Crippen LogP contribution >= 0.6 is 11.6 Å². The minimum Gasteiger partial charge on any atom is -0.486 e. The molecule has 2 N–H and O–H groups in total. The van der Waals surface area contributed by atoms with E-state index >= 15 is 0 Å². The zero-order valence-corrected chi connectivity index (χ0v) is 25.2. The standard InChI is InChI=1S/C28H32ClN3O7S2/c1-19-16-32(20(2)18-33)28(34)24-10-7-11-25(30-40(35,36)22-14-12-21(29)13-15-22)27(24)39-26(19)17-31(3)41(37,38)23-8-5-4-6-9-23/h4-15,19-20,26,30,33H,16-18H2,1-3H3/t19-,20+,26+/m0/s1. The van der Waals surface area contributed by atoms with Crippen LogP contribution in [0.1, 0.15) is 24.2 Å². The highest BCUT2D eigenvalue weighted by atomic mass is 35.5. The van der Waals surface area contributed by atoms with Crippen LogP contribution in [0, 0.1) is 5.92 Å². The molecule has 4 rings (SSSR count). The molecule has 10 nitrogen and oxygen atoms in total. The lowest BCUT2D eigenvalue weighted by molar-refractivity contribution is 0.0389. The largest absolute Gasteiger partial charge is 0.486 e. The summed E-state index contributed by atoms with van der Waals surface area (Å²) in [5, 5.41) is 10.3. The zero-order valence-electron chi connectivity index (χ0n) is 22.8. The fraction of sp³-hybridized carbons (Fsp3) is 0.321. The minimum atomic E-state index is -4.11. The number of likely N-dealkylation sites (N-methyl/N-ethyl adjacent to an activating group) is 1. The fourth-order valence-electron chi connectivity index (χ4n) is 4.48. The summed E-state index contributed by atoms with van der Waals surface area (Å²) in [5.74, 6) is -0.896. The molecule has 1 aliphatic rings. The number of carbonyl (C=O) groups excluding carboxylic acids is 1. The number of fused-ring (bicyclic) bond motifs is 1. The van der Waals surface area contributed by atoms with Crippen LogP contribution in [-0.2, 0) is 20.0 Å². The first-order chi connectivity index (χ1) is 19.3. The highest BCUT2D eigenvalue weighted by Gasteiger charge is 2.36. The first kappa shape index (κ1) is 30.8. The van der Waals surface area contributed by atoms with Crippen LogP contribution in [-0.4, -0.2) is 75.9 Å². The number of carbonyl (C=O) groups is 1. The number of hydrogen-bond donors (Lipinski definition) is 2. The molecule has 3 aromatic carbocycles. The molecule has 1 amide bonds. The molecule has 0 fully saturated rings. The monoisotopic (exact) mass is 621 g/mol. The van der Waals surface area contributed by atoms with Crippen LogP contribution in [0.4, 0.5) is 5.69 Å². The number of sulfonamides is 2. The fourth-order valence-corrected chi connectivity index (χ4v) is 6.88. The SMILES string of the molecule is C[C@H](CO)N1C[C@H](C)[C@@H](CN(C)S(=O)(=O)c2ccccc2)Oc2c(NS(=O)(=O)c3ccc(Cl)cc3)cccc2C1=O. The Bertz CT molecular complexity index is 1600. The molecule has 0 radical (unpaired) electrons. The van der Waals surface area contributed by atoms with Gasteiger partial charge in [0.1, 0.15) is 6.10 Å². The summed E-state index contributed by atoms with van der Waals surface area (Å²) in [6.45, 7) is 3.28. The second kappa shape index (κ2) is 12.4. The van der Waals surface area contributed by atoms with Gasteiger partial charge in [0.05, 0.1) is 40.2 Å². The van der Waals surface area contributed by atoms with Gasteiger partial charge >= 0.3 is 0 Å². The summed E-state index contributed by atoms with van der Waals surface area (Å²) in [4.78, 5) is 15.2. The van der Waals surface area contributed by atoms with E-state index in [1.807, 2.05) is 6.92 Å². The van der Waals surface area contributed by atoms with Crippen molar-refractivity contribution in [3.05, 3.63) is 83.4 Å². The van der Waals surface area contributed by atoms with E-state index in [0.29, 0.717) is 5.02 Å². The summed E-state index contributed by atoms with van der Waals surface area (Å²) >= 11 is 5.92. The first-order valence-electron chi connectivity index (χ1n) is 12.9. The summed E-state index contributed by atoms with van der Waals surface area (Å²) in [6, 6.07) is 17.5. The van der Waals surface area contributed by atoms with E-state index in [-0.39, 0.29) is 46.5 Å². The van der Waals surface area contributed by atoms with Gasteiger partial charge < -0.3 is 14.7 Å². The normalized spacial score (nSPS) is 18.7. The lowest BCUT2D eigenvalue weighted by atomic mass is 9.99. The summed E-state index contributed by atoms with van der Waals surface area (Å²) < 4.78 is 63.1. The smallest absolute Gasteiger partial charge is 0.262 e. The topological polar surface area (TPSA) is 133 Å². The molecule has 3 atom stereocenters. The maximum Gasteiger partial charge on any atom is 0.262 e. The average molecular weight is 622 g/mol. The molecule has 1 aliphatic heterocycles. The number of nitrogens with zero attached hydrogens (tertiary/aromatic N) is 2. The molecule has 0 saturated heterocycles. The van der Waals surface area contributed by atoms with E-state index in [4.69, 9.17) is 16.3 Å². The van der Waals surface area contributed by atoms with Gasteiger partial charge in [0.2, 0.25) is 10.0 Å². The zero-order chi connectivity index (χ0) is 29.9. The Hall–Kier alpha value is -3.16. The second-order valence-electron chi connectivity index (χ2n) is 9.96. The van der Waals surface area contributed by atoms with Crippen LogP contribution in [0.25, 0.3) is 0 Å². The van der Waals surface area contributed by atoms with Gasteiger partial charge in [-0.15, -0.1) is 0 Å². The Morgan fingerprint density at radius 2 is 1.68 bits per heavy atom. The highest BCUT2D eigenvalue weighted by Crippen LogP contribution is 2.36. The third kappa shape index (κ3) is 6.68. The van der Waals surface area contributed by atoms with Crippen molar-refractivity contribution in [2.75, 3.05) is 31.5 Å². The van der Waals surface area contributed by atoms with Crippen LogP contribution in [0.2, 0.25) is 5.02 Å². The molecule has 0 saturated carbocycles. The molecule has 13 heteroatoms. The molecule has 0 bridgehead atoms. The van der Waals surface area contributed by atoms with E-state index in [1.165, 1.54) is 70.9 Å². The summed E-state index contributed by atoms with van der Waals surface area (Å²) in [6.07, 6.45) is -0.792. The maximum absolute atomic E-state index is 13.7. The highest BCUT2D eigenvalue weighted by molar-refractivity contribution is 7.92. The Morgan fingerprint density at radius 3 is 2.32 bits per heavy atom. The third-order valence-electron chi connectivity index (χ3n) is 6.95. The molecular weight excluding hydrogens is 590 g/mol. The molecule has 0 spiro atoms. The van der Waals surface area contributed by atoms with Crippen molar-refractivity contribution in [2.24, 2.45) is 5.92 Å². The van der Waals surface area contributed by atoms with Gasteiger partial charge in [-0.1, -0.05) is 42.8 Å². The number of rotatable bonds is 9. The van der Waals surface area contributed by atoms with Crippen LogP contribution in [0.15, 0.2) is 82.6 Å². The predicted octanol–water partition coefficient (Wildman–Crippen LogP) is 3.68. The van der Waals surface area contributed by atoms with E-state index in [9.17, 15) is 26.7 Å². The summed E-state index contributed by atoms with van der Waals surface area (Å²) in [7, 11) is -6.55. The number of aliphatic hydroxyl groups excluding tert-OH is 1. The number of amides is 1. The van der Waals surface area contributed by atoms with Gasteiger partial charge in [-0.2, -0.15) is 4.31 Å². The third-order valence-corrected chi connectivity index (χ3v) is 10.4. The number of benzene rings is 3. The molecular formula is C28H32ClN3O7S2. The Labute approximate surface area is 245 Å². The average Bonchev–Trinajstić information content (AvgIpc) is 2.95. The van der Waals surface area contributed by atoms with Crippen molar-refractivity contribution in [3.8, 4) is 5.75 Å². The van der Waals surface area contributed by atoms with Crippen molar-refractivity contribution in [2.45, 2.75) is 35.8 Å². The minimum absolute atomic E-state index is 0.00933. The van der Waals surface area contributed by atoms with E-state index in [2.05, 4.69) is 4.72 Å². The number of nitrogens with one attached hydrogen (secondary N) is 1. The van der Waals surface area contributed by atoms with Gasteiger partial charge in [-0.05, 0) is 55.5 Å². The Balaban J connectivity index is 1.76. The number of anilines is 1. The molecule has 0 unspecified atom stereocenters. The van der Waals surface area contributed by atoms with Crippen molar-refractivity contribution in [1.82, 2.24) is 9.21 Å². The predicted molar refractivity (Wildman–Crippen MR) is 156 cm³/mol. The second-order valence-corrected chi connectivity index (χ2v) is 14.1. The molecule has 220 valence electrons. The van der Waals surface area contributed by atoms with Crippen molar-refractivity contribution in [3.63, 3.8) is 0 Å². The molecule has 0 aromatic heterocycles. The van der Waals surface area contributed by atoms with Crippen molar-refractivity contribution < 1.29 is 31.5 Å². The van der Waals surface area contributed by atoms with Gasteiger partial charge in [-0.25, -0.2) is 16.8 Å². The Kier molecular flexibility index (Phi) is 9.29. The number of ether oxygens (including phenoxy) is 1. The van der Waals surface area contributed by atoms with E-state index in [1.54, 1.807) is 25.1 Å². The van der Waals surface area contributed by atoms with Crippen LogP contribution < -0.4 is 9.46 Å². The number of para-hydroxylation sites is 1. The van der Waals surface area contributed by atoms with Crippen molar-refractivity contribution in [1.29, 1.82) is 0 Å². The summed E-state index contributed by atoms with van der Waals surface area (Å²) in [5.41, 5.74) is 0.0853. The van der Waals surface area contributed by atoms with Gasteiger partial charge in [-0.3, -0.25) is 9.52 Å². The van der Waals surface area contributed by atoms with Gasteiger partial charge in [0.25, 0.3) is 15.9 Å². The Morgan fingerprint density at radius 1 is 1.02 bits per heavy atom. The van der Waals surface area contributed by atoms with Crippen LogP contribution in [0.5, 0.6) is 5.75 Å². The van der Waals surface area contributed by atoms with Gasteiger partial charge in [0, 0.05) is 24.5 Å². The first-order valence-corrected chi connectivity index (χ1v) is 16.2. The number of aliphatic hydroxyl groups is 1. The molecule has 0 aliphatic carbocycles. The quantitative estimate of drug-likeness (QED) is 0.372. The molecule has 3 aromatic rings. The maximum atomic E-state index is 13.7. The van der Waals surface area contributed by atoms with Crippen molar-refractivity contribution >= 4 is 43.2 Å². The van der Waals surface area contributed by atoms with E-state index < -0.39 is 44.0 Å². The molecule has 1 heterocycles. The van der Waals surface area contributed by atoms with Crippen LogP contribution in [0.3, 0.4) is 0 Å². The van der Waals surface area contributed by atoms with E-state index in [0.717, 1.165) is 0 Å². The molecule has 41 heavy (non-hydrogen) atoms. The lowest BCUT2D eigenvalue weighted by Crippen LogP contribution is -2.50. The number of hydrogen-bond acceptors (Lipinski definition) is 7. The lowest BCUT2D eigenvalue weighted by Gasteiger charge is -2.38. The number of halogens is 1. The van der Waals surface area contributed by atoms with Gasteiger partial charge in [0.15, 0.2) is 5.75 Å².